The normalized spacial score (nSPS) is 18.9. The second kappa shape index (κ2) is 7.55. The zero-order chi connectivity index (χ0) is 16.1. The van der Waals surface area contributed by atoms with Crippen LogP contribution in [-0.2, 0) is 9.47 Å². The molecule has 0 unspecified atom stereocenters. The van der Waals surface area contributed by atoms with Crippen LogP contribution in [0.15, 0.2) is 24.3 Å². The molecule has 0 bridgehead atoms. The number of benzene rings is 1. The lowest BCUT2D eigenvalue weighted by Crippen LogP contribution is -2.49. The third-order valence-corrected chi connectivity index (χ3v) is 4.38. The van der Waals surface area contributed by atoms with E-state index in [9.17, 15) is 4.79 Å². The molecule has 2 aliphatic rings. The quantitative estimate of drug-likeness (QED) is 0.850. The number of para-hydroxylation sites is 2. The average Bonchev–Trinajstić information content (AvgIpc) is 2.63. The molecule has 3 rings (SSSR count). The number of carbonyl (C=O) groups excluding carboxylic acids is 1. The topological polar surface area (TPSA) is 45.2 Å². The van der Waals surface area contributed by atoms with Gasteiger partial charge in [-0.1, -0.05) is 12.1 Å². The molecule has 0 saturated carbocycles. The summed E-state index contributed by atoms with van der Waals surface area (Å²) in [4.78, 5) is 18.4. The predicted octanol–water partition coefficient (Wildman–Crippen LogP) is 1.80. The highest BCUT2D eigenvalue weighted by atomic mass is 16.6. The van der Waals surface area contributed by atoms with Crippen molar-refractivity contribution in [3.8, 4) is 0 Å². The van der Waals surface area contributed by atoms with E-state index in [4.69, 9.17) is 9.47 Å². The fraction of sp³-hybridized carbons (Fsp3) is 0.588. The molecule has 1 aromatic carbocycles. The number of hydrogen-bond acceptors (Lipinski definition) is 5. The number of amides is 1. The number of piperazine rings is 1. The van der Waals surface area contributed by atoms with Crippen molar-refractivity contribution in [2.24, 2.45) is 0 Å². The summed E-state index contributed by atoms with van der Waals surface area (Å²) >= 11 is 0. The number of hydrogen-bond donors (Lipinski definition) is 0. The highest BCUT2D eigenvalue weighted by Gasteiger charge is 2.24. The van der Waals surface area contributed by atoms with Gasteiger partial charge in [0.1, 0.15) is 0 Å². The Labute approximate surface area is 137 Å². The Morgan fingerprint density at radius 2 is 1.57 bits per heavy atom. The molecule has 23 heavy (non-hydrogen) atoms. The van der Waals surface area contributed by atoms with Crippen molar-refractivity contribution in [2.45, 2.75) is 6.92 Å². The van der Waals surface area contributed by atoms with Gasteiger partial charge < -0.3 is 24.2 Å². The van der Waals surface area contributed by atoms with Crippen LogP contribution in [0.3, 0.4) is 0 Å². The SMILES string of the molecule is CCOC(=O)N1CCN(c2ccccc2N2CCOCC2)CC1. The minimum atomic E-state index is -0.200. The van der Waals surface area contributed by atoms with E-state index in [-0.39, 0.29) is 6.09 Å². The Morgan fingerprint density at radius 3 is 2.13 bits per heavy atom. The fourth-order valence-electron chi connectivity index (χ4n) is 3.15. The van der Waals surface area contributed by atoms with Crippen LogP contribution in [0.5, 0.6) is 0 Å². The van der Waals surface area contributed by atoms with E-state index in [0.29, 0.717) is 19.7 Å². The number of nitrogens with zero attached hydrogens (tertiary/aromatic N) is 3. The van der Waals surface area contributed by atoms with Gasteiger partial charge >= 0.3 is 6.09 Å². The summed E-state index contributed by atoms with van der Waals surface area (Å²) in [6.45, 7) is 8.77. The zero-order valence-corrected chi connectivity index (χ0v) is 13.7. The number of rotatable bonds is 3. The van der Waals surface area contributed by atoms with E-state index in [0.717, 1.165) is 39.4 Å². The monoisotopic (exact) mass is 319 g/mol. The average molecular weight is 319 g/mol. The second-order valence-corrected chi connectivity index (χ2v) is 5.76. The Balaban J connectivity index is 1.67. The van der Waals surface area contributed by atoms with Crippen molar-refractivity contribution < 1.29 is 14.3 Å². The van der Waals surface area contributed by atoms with Crippen molar-refractivity contribution >= 4 is 17.5 Å². The molecule has 6 nitrogen and oxygen atoms in total. The third kappa shape index (κ3) is 3.69. The smallest absolute Gasteiger partial charge is 0.409 e. The summed E-state index contributed by atoms with van der Waals surface area (Å²) in [7, 11) is 0. The Bertz CT molecular complexity index is 524. The van der Waals surface area contributed by atoms with Gasteiger partial charge in [-0.05, 0) is 19.1 Å². The lowest BCUT2D eigenvalue weighted by atomic mass is 10.2. The van der Waals surface area contributed by atoms with Gasteiger partial charge in [0.15, 0.2) is 0 Å². The maximum absolute atomic E-state index is 11.8. The summed E-state index contributed by atoms with van der Waals surface area (Å²) in [6.07, 6.45) is -0.200. The molecule has 2 fully saturated rings. The van der Waals surface area contributed by atoms with Crippen LogP contribution < -0.4 is 9.80 Å². The number of morpholine rings is 1. The van der Waals surface area contributed by atoms with Gasteiger partial charge in [-0.15, -0.1) is 0 Å². The summed E-state index contributed by atoms with van der Waals surface area (Å²) in [5, 5.41) is 0. The molecule has 0 spiro atoms. The molecule has 2 saturated heterocycles. The van der Waals surface area contributed by atoms with Gasteiger partial charge in [-0.2, -0.15) is 0 Å². The molecule has 2 heterocycles. The lowest BCUT2D eigenvalue weighted by molar-refractivity contribution is 0.105. The molecule has 126 valence electrons. The number of anilines is 2. The minimum absolute atomic E-state index is 0.200. The highest BCUT2D eigenvalue weighted by molar-refractivity contribution is 5.72. The van der Waals surface area contributed by atoms with Gasteiger partial charge in [-0.3, -0.25) is 0 Å². The van der Waals surface area contributed by atoms with Crippen LogP contribution in [0.25, 0.3) is 0 Å². The van der Waals surface area contributed by atoms with Gasteiger partial charge in [-0.25, -0.2) is 4.79 Å². The molecule has 2 aliphatic heterocycles. The van der Waals surface area contributed by atoms with Crippen LogP contribution in [0, 0.1) is 0 Å². The molecule has 0 atom stereocenters. The van der Waals surface area contributed by atoms with E-state index in [1.165, 1.54) is 11.4 Å². The van der Waals surface area contributed by atoms with Crippen molar-refractivity contribution in [1.29, 1.82) is 0 Å². The van der Waals surface area contributed by atoms with Crippen LogP contribution in [0.1, 0.15) is 6.92 Å². The van der Waals surface area contributed by atoms with Crippen molar-refractivity contribution in [1.82, 2.24) is 4.90 Å². The minimum Gasteiger partial charge on any atom is -0.450 e. The first-order chi connectivity index (χ1) is 11.3. The summed E-state index contributed by atoms with van der Waals surface area (Å²) < 4.78 is 10.5. The van der Waals surface area contributed by atoms with Crippen molar-refractivity contribution in [3.63, 3.8) is 0 Å². The standard InChI is InChI=1S/C17H25N3O3/c1-2-23-17(21)20-9-7-18(8-10-20)15-5-3-4-6-16(15)19-11-13-22-14-12-19/h3-6H,2,7-14H2,1H3. The van der Waals surface area contributed by atoms with E-state index in [1.54, 1.807) is 4.90 Å². The van der Waals surface area contributed by atoms with Crippen LogP contribution in [0.4, 0.5) is 16.2 Å². The molecule has 0 aliphatic carbocycles. The van der Waals surface area contributed by atoms with E-state index in [2.05, 4.69) is 34.1 Å². The molecule has 6 heteroatoms. The van der Waals surface area contributed by atoms with Gasteiger partial charge in [0.2, 0.25) is 0 Å². The first-order valence-corrected chi connectivity index (χ1v) is 8.38. The molecule has 0 N–H and O–H groups in total. The number of carbonyl (C=O) groups is 1. The van der Waals surface area contributed by atoms with Crippen molar-refractivity contribution in [3.05, 3.63) is 24.3 Å². The van der Waals surface area contributed by atoms with Gasteiger partial charge in [0.25, 0.3) is 0 Å². The molecule has 0 radical (unpaired) electrons. The van der Waals surface area contributed by atoms with E-state index < -0.39 is 0 Å². The molecule has 1 aromatic rings. The summed E-state index contributed by atoms with van der Waals surface area (Å²) in [5.41, 5.74) is 2.51. The van der Waals surface area contributed by atoms with Crippen LogP contribution >= 0.6 is 0 Å². The maximum Gasteiger partial charge on any atom is 0.409 e. The van der Waals surface area contributed by atoms with E-state index in [1.807, 2.05) is 6.92 Å². The van der Waals surface area contributed by atoms with Crippen LogP contribution in [-0.4, -0.2) is 70.1 Å². The van der Waals surface area contributed by atoms with Gasteiger partial charge in [0, 0.05) is 39.3 Å². The molecular formula is C17H25N3O3. The molecule has 0 aromatic heterocycles. The zero-order valence-electron chi connectivity index (χ0n) is 13.7. The maximum atomic E-state index is 11.8. The highest BCUT2D eigenvalue weighted by Crippen LogP contribution is 2.30. The Hall–Kier alpha value is -1.95. The Morgan fingerprint density at radius 1 is 1.00 bits per heavy atom. The predicted molar refractivity (Wildman–Crippen MR) is 90.3 cm³/mol. The summed E-state index contributed by atoms with van der Waals surface area (Å²) in [5.74, 6) is 0. The Kier molecular flexibility index (Phi) is 5.23. The lowest BCUT2D eigenvalue weighted by Gasteiger charge is -2.38. The first-order valence-electron chi connectivity index (χ1n) is 8.38. The first kappa shape index (κ1) is 15.9. The van der Waals surface area contributed by atoms with Crippen molar-refractivity contribution in [2.75, 3.05) is 68.9 Å². The van der Waals surface area contributed by atoms with Crippen LogP contribution in [0.2, 0.25) is 0 Å². The second-order valence-electron chi connectivity index (χ2n) is 5.76. The molecular weight excluding hydrogens is 294 g/mol. The third-order valence-electron chi connectivity index (χ3n) is 4.38. The van der Waals surface area contributed by atoms with Gasteiger partial charge in [0.05, 0.1) is 31.2 Å². The van der Waals surface area contributed by atoms with E-state index >= 15 is 0 Å². The molecule has 1 amide bonds. The number of ether oxygens (including phenoxy) is 2. The largest absolute Gasteiger partial charge is 0.450 e. The fourth-order valence-corrected chi connectivity index (χ4v) is 3.15. The summed E-state index contributed by atoms with van der Waals surface area (Å²) in [6, 6.07) is 8.52.